The molecular weight excluding hydrogens is 132 g/mol. The van der Waals surface area contributed by atoms with Gasteiger partial charge in [-0.3, -0.25) is 0 Å². The Labute approximate surface area is 69.4 Å². The van der Waals surface area contributed by atoms with E-state index in [0.717, 1.165) is 17.3 Å². The van der Waals surface area contributed by atoms with Gasteiger partial charge in [-0.1, -0.05) is 20.3 Å². The SMILES string of the molecule is CC1(C)CC23CC(CCC12)C3. The summed E-state index contributed by atoms with van der Waals surface area (Å²) in [4.78, 5) is 0. The van der Waals surface area contributed by atoms with Gasteiger partial charge in [0, 0.05) is 0 Å². The summed E-state index contributed by atoms with van der Waals surface area (Å²) in [6.45, 7) is 4.95. The van der Waals surface area contributed by atoms with E-state index in [0.29, 0.717) is 5.41 Å². The van der Waals surface area contributed by atoms with Crippen LogP contribution in [0.3, 0.4) is 0 Å². The molecule has 0 aromatic heterocycles. The molecule has 0 aliphatic heterocycles. The zero-order valence-electron chi connectivity index (χ0n) is 7.69. The van der Waals surface area contributed by atoms with Crippen molar-refractivity contribution < 1.29 is 0 Å². The molecule has 0 aromatic rings. The Morgan fingerprint density at radius 1 is 1.09 bits per heavy atom. The Morgan fingerprint density at radius 3 is 2.27 bits per heavy atom. The fourth-order valence-corrected chi connectivity index (χ4v) is 4.67. The normalized spacial score (nSPS) is 57.3. The molecule has 0 amide bonds. The quantitative estimate of drug-likeness (QED) is 0.497. The van der Waals surface area contributed by atoms with Crippen molar-refractivity contribution in [1.29, 1.82) is 0 Å². The van der Waals surface area contributed by atoms with E-state index in [1.54, 1.807) is 32.1 Å². The van der Waals surface area contributed by atoms with Crippen molar-refractivity contribution in [3.05, 3.63) is 0 Å². The van der Waals surface area contributed by atoms with E-state index >= 15 is 0 Å². The summed E-state index contributed by atoms with van der Waals surface area (Å²) < 4.78 is 0. The molecule has 11 heavy (non-hydrogen) atoms. The maximum absolute atomic E-state index is 2.47. The van der Waals surface area contributed by atoms with Crippen LogP contribution in [0, 0.1) is 22.7 Å². The summed E-state index contributed by atoms with van der Waals surface area (Å²) in [7, 11) is 0. The molecule has 62 valence electrons. The van der Waals surface area contributed by atoms with Crippen LogP contribution in [0.5, 0.6) is 0 Å². The molecule has 0 nitrogen and oxygen atoms in total. The molecule has 0 heteroatoms. The summed E-state index contributed by atoms with van der Waals surface area (Å²) in [6.07, 6.45) is 7.84. The number of hydrogen-bond acceptors (Lipinski definition) is 0. The summed E-state index contributed by atoms with van der Waals surface area (Å²) in [5.74, 6) is 2.27. The standard InChI is InChI=1S/C11H18/c1-10(2)7-11-5-8(6-11)3-4-9(10)11/h8-9H,3-7H2,1-2H3. The van der Waals surface area contributed by atoms with Crippen molar-refractivity contribution in [2.24, 2.45) is 22.7 Å². The predicted molar refractivity (Wildman–Crippen MR) is 46.3 cm³/mol. The van der Waals surface area contributed by atoms with Crippen LogP contribution in [0.15, 0.2) is 0 Å². The first-order chi connectivity index (χ1) is 5.12. The Bertz CT molecular complexity index is 196. The molecule has 0 saturated heterocycles. The monoisotopic (exact) mass is 150 g/mol. The van der Waals surface area contributed by atoms with Crippen LogP contribution in [-0.2, 0) is 0 Å². The molecule has 4 aliphatic rings. The molecule has 0 radical (unpaired) electrons. The van der Waals surface area contributed by atoms with Gasteiger partial charge in [0.15, 0.2) is 0 Å². The van der Waals surface area contributed by atoms with Gasteiger partial charge in [-0.2, -0.15) is 0 Å². The van der Waals surface area contributed by atoms with E-state index in [2.05, 4.69) is 13.8 Å². The number of rotatable bonds is 0. The topological polar surface area (TPSA) is 0 Å². The van der Waals surface area contributed by atoms with Gasteiger partial charge in [-0.05, 0) is 48.3 Å². The van der Waals surface area contributed by atoms with Gasteiger partial charge in [-0.15, -0.1) is 0 Å². The predicted octanol–water partition coefficient (Wildman–Crippen LogP) is 3.22. The zero-order valence-corrected chi connectivity index (χ0v) is 7.69. The van der Waals surface area contributed by atoms with E-state index in [4.69, 9.17) is 0 Å². The van der Waals surface area contributed by atoms with Gasteiger partial charge in [0.2, 0.25) is 0 Å². The summed E-state index contributed by atoms with van der Waals surface area (Å²) >= 11 is 0. The number of hydrogen-bond donors (Lipinski definition) is 0. The van der Waals surface area contributed by atoms with Crippen LogP contribution >= 0.6 is 0 Å². The van der Waals surface area contributed by atoms with Crippen molar-refractivity contribution in [2.75, 3.05) is 0 Å². The average Bonchev–Trinajstić information content (AvgIpc) is 1.82. The molecular formula is C11H18. The fraction of sp³-hybridized carbons (Fsp3) is 1.00. The summed E-state index contributed by atoms with van der Waals surface area (Å²) in [6, 6.07) is 0. The maximum Gasteiger partial charge on any atom is -0.0254 e. The molecule has 4 saturated carbocycles. The van der Waals surface area contributed by atoms with Crippen molar-refractivity contribution in [3.8, 4) is 0 Å². The van der Waals surface area contributed by atoms with E-state index in [-0.39, 0.29) is 0 Å². The van der Waals surface area contributed by atoms with E-state index in [1.807, 2.05) is 0 Å². The van der Waals surface area contributed by atoms with Gasteiger partial charge in [0.1, 0.15) is 0 Å². The lowest BCUT2D eigenvalue weighted by molar-refractivity contribution is -0.217. The Morgan fingerprint density at radius 2 is 1.82 bits per heavy atom. The first-order valence-corrected chi connectivity index (χ1v) is 5.12. The minimum absolute atomic E-state index is 0.714. The first kappa shape index (κ1) is 6.51. The van der Waals surface area contributed by atoms with Crippen LogP contribution in [-0.4, -0.2) is 0 Å². The lowest BCUT2D eigenvalue weighted by atomic mass is 9.33. The van der Waals surface area contributed by atoms with Crippen molar-refractivity contribution >= 4 is 0 Å². The highest BCUT2D eigenvalue weighted by molar-refractivity contribution is 5.15. The van der Waals surface area contributed by atoms with E-state index < -0.39 is 0 Å². The third kappa shape index (κ3) is 0.588. The van der Waals surface area contributed by atoms with Gasteiger partial charge in [-0.25, -0.2) is 0 Å². The Kier molecular flexibility index (Phi) is 0.906. The van der Waals surface area contributed by atoms with Gasteiger partial charge >= 0.3 is 0 Å². The molecule has 2 bridgehead atoms. The van der Waals surface area contributed by atoms with Crippen LogP contribution in [0.25, 0.3) is 0 Å². The van der Waals surface area contributed by atoms with Gasteiger partial charge in [0.25, 0.3) is 0 Å². The number of fused-ring (bicyclic) bond motifs is 1. The highest BCUT2D eigenvalue weighted by Gasteiger charge is 2.65. The summed E-state index contributed by atoms with van der Waals surface area (Å²) in [5, 5.41) is 0. The molecule has 1 atom stereocenters. The first-order valence-electron chi connectivity index (χ1n) is 5.12. The smallest absolute Gasteiger partial charge is 0.0254 e. The molecule has 1 spiro atoms. The molecule has 0 N–H and O–H groups in total. The third-order valence-corrected chi connectivity index (χ3v) is 4.74. The van der Waals surface area contributed by atoms with E-state index in [9.17, 15) is 0 Å². The fourth-order valence-electron chi connectivity index (χ4n) is 4.67. The van der Waals surface area contributed by atoms with Gasteiger partial charge in [0.05, 0.1) is 0 Å². The zero-order chi connectivity index (χ0) is 7.69. The minimum atomic E-state index is 0.714. The highest BCUT2D eigenvalue weighted by Crippen LogP contribution is 2.74. The van der Waals surface area contributed by atoms with Crippen LogP contribution in [0.4, 0.5) is 0 Å². The lowest BCUT2D eigenvalue weighted by Gasteiger charge is -2.71. The maximum atomic E-state index is 2.47. The van der Waals surface area contributed by atoms with Crippen LogP contribution < -0.4 is 0 Å². The Balaban J connectivity index is 1.89. The van der Waals surface area contributed by atoms with Crippen molar-refractivity contribution in [2.45, 2.75) is 46.0 Å². The minimum Gasteiger partial charge on any atom is -0.0596 e. The molecule has 1 unspecified atom stereocenters. The second-order valence-corrected chi connectivity index (χ2v) is 5.93. The van der Waals surface area contributed by atoms with Crippen molar-refractivity contribution in [1.82, 2.24) is 0 Å². The van der Waals surface area contributed by atoms with Crippen LogP contribution in [0.2, 0.25) is 0 Å². The second-order valence-electron chi connectivity index (χ2n) is 5.93. The largest absolute Gasteiger partial charge is 0.0596 e. The average molecular weight is 150 g/mol. The molecule has 4 rings (SSSR count). The van der Waals surface area contributed by atoms with Crippen LogP contribution in [0.1, 0.15) is 46.0 Å². The van der Waals surface area contributed by atoms with Gasteiger partial charge < -0.3 is 0 Å². The summed E-state index contributed by atoms with van der Waals surface area (Å²) in [5.41, 5.74) is 1.61. The molecule has 4 fully saturated rings. The molecule has 0 heterocycles. The third-order valence-electron chi connectivity index (χ3n) is 4.74. The lowest BCUT2D eigenvalue weighted by Crippen LogP contribution is -2.62. The molecule has 0 aromatic carbocycles. The van der Waals surface area contributed by atoms with Crippen molar-refractivity contribution in [3.63, 3.8) is 0 Å². The molecule has 4 aliphatic carbocycles. The Hall–Kier alpha value is 0. The highest BCUT2D eigenvalue weighted by atomic mass is 14.7. The van der Waals surface area contributed by atoms with E-state index in [1.165, 1.54) is 0 Å². The second kappa shape index (κ2) is 1.53.